The van der Waals surface area contributed by atoms with Gasteiger partial charge in [-0.3, -0.25) is 14.4 Å². The molecular weight excluding hydrogens is 431 g/mol. The highest BCUT2D eigenvalue weighted by Gasteiger charge is 2.21. The molecule has 1 N–H and O–H groups in total. The second-order valence-electron chi connectivity index (χ2n) is 6.27. The van der Waals surface area contributed by atoms with Crippen molar-refractivity contribution in [2.75, 3.05) is 18.0 Å². The second-order valence-corrected chi connectivity index (χ2v) is 7.19. The van der Waals surface area contributed by atoms with E-state index in [9.17, 15) is 18.8 Å². The summed E-state index contributed by atoms with van der Waals surface area (Å²) in [4.78, 5) is 37.4. The normalized spacial score (nSPS) is 13.5. The van der Waals surface area contributed by atoms with Crippen LogP contribution in [0.1, 0.15) is 28.8 Å². The number of benzene rings is 2. The van der Waals surface area contributed by atoms with Gasteiger partial charge in [-0.2, -0.15) is 0 Å². The van der Waals surface area contributed by atoms with Crippen molar-refractivity contribution in [3.63, 3.8) is 0 Å². The molecule has 1 heterocycles. The van der Waals surface area contributed by atoms with Crippen LogP contribution in [-0.2, 0) is 20.9 Å². The Morgan fingerprint density at radius 3 is 2.57 bits per heavy atom. The molecule has 2 aromatic carbocycles. The van der Waals surface area contributed by atoms with Gasteiger partial charge in [-0.1, -0.05) is 22.0 Å². The van der Waals surface area contributed by atoms with Crippen LogP contribution in [-0.4, -0.2) is 30.9 Å². The number of halogens is 2. The third-order valence-corrected chi connectivity index (χ3v) is 4.80. The first kappa shape index (κ1) is 20.0. The first-order valence-electron chi connectivity index (χ1n) is 8.72. The van der Waals surface area contributed by atoms with Crippen LogP contribution in [0.25, 0.3) is 0 Å². The summed E-state index contributed by atoms with van der Waals surface area (Å²) in [6, 6.07) is 11.0. The monoisotopic (exact) mass is 448 g/mol. The zero-order valence-electron chi connectivity index (χ0n) is 14.9. The molecule has 0 unspecified atom stereocenters. The van der Waals surface area contributed by atoms with Crippen LogP contribution in [0.15, 0.2) is 46.9 Å². The number of carbonyl (C=O) groups is 3. The molecule has 1 aliphatic heterocycles. The van der Waals surface area contributed by atoms with Crippen molar-refractivity contribution in [2.24, 2.45) is 0 Å². The lowest BCUT2D eigenvalue weighted by Gasteiger charge is -2.15. The van der Waals surface area contributed by atoms with E-state index in [1.807, 2.05) is 0 Å². The molecule has 1 saturated heterocycles. The molecule has 0 atom stereocenters. The Morgan fingerprint density at radius 1 is 1.18 bits per heavy atom. The predicted molar refractivity (Wildman–Crippen MR) is 104 cm³/mol. The maximum atomic E-state index is 13.7. The van der Waals surface area contributed by atoms with Gasteiger partial charge in [0.1, 0.15) is 19.0 Å². The summed E-state index contributed by atoms with van der Waals surface area (Å²) in [6.07, 6.45) is 1.36. The third kappa shape index (κ3) is 4.95. The van der Waals surface area contributed by atoms with Crippen molar-refractivity contribution in [1.82, 2.24) is 5.32 Å². The van der Waals surface area contributed by atoms with E-state index < -0.39 is 17.7 Å². The fourth-order valence-corrected chi connectivity index (χ4v) is 3.15. The number of rotatable bonds is 6. The number of ether oxygens (including phenoxy) is 1. The number of nitrogens with zero attached hydrogens (tertiary/aromatic N) is 1. The van der Waals surface area contributed by atoms with Crippen LogP contribution in [0, 0.1) is 5.82 Å². The lowest BCUT2D eigenvalue weighted by atomic mass is 10.2. The molecule has 8 heteroatoms. The SMILES string of the molecule is O=C(CNC(=O)c1ccc(N2CCCC2=O)cc1)OCc1ccc(Br)cc1F. The number of amides is 2. The zero-order valence-corrected chi connectivity index (χ0v) is 16.5. The van der Waals surface area contributed by atoms with E-state index in [1.165, 1.54) is 12.1 Å². The van der Waals surface area contributed by atoms with Crippen LogP contribution in [0.4, 0.5) is 10.1 Å². The maximum Gasteiger partial charge on any atom is 0.325 e. The molecule has 0 saturated carbocycles. The highest BCUT2D eigenvalue weighted by Crippen LogP contribution is 2.21. The smallest absolute Gasteiger partial charge is 0.325 e. The second kappa shape index (κ2) is 8.97. The van der Waals surface area contributed by atoms with Gasteiger partial charge in [-0.25, -0.2) is 4.39 Å². The van der Waals surface area contributed by atoms with Crippen LogP contribution in [0.2, 0.25) is 0 Å². The van der Waals surface area contributed by atoms with E-state index >= 15 is 0 Å². The van der Waals surface area contributed by atoms with E-state index in [1.54, 1.807) is 35.2 Å². The summed E-state index contributed by atoms with van der Waals surface area (Å²) in [5.74, 6) is -1.52. The predicted octanol–water partition coefficient (Wildman–Crippen LogP) is 3.19. The van der Waals surface area contributed by atoms with Crippen LogP contribution in [0.5, 0.6) is 0 Å². The summed E-state index contributed by atoms with van der Waals surface area (Å²) in [7, 11) is 0. The van der Waals surface area contributed by atoms with Crippen molar-refractivity contribution in [2.45, 2.75) is 19.4 Å². The summed E-state index contributed by atoms with van der Waals surface area (Å²) in [6.45, 7) is 0.130. The molecule has 0 radical (unpaired) electrons. The van der Waals surface area contributed by atoms with E-state index in [0.29, 0.717) is 23.0 Å². The molecule has 0 bridgehead atoms. The Bertz CT molecular complexity index is 902. The Morgan fingerprint density at radius 2 is 1.93 bits per heavy atom. The van der Waals surface area contributed by atoms with Crippen LogP contribution < -0.4 is 10.2 Å². The van der Waals surface area contributed by atoms with Crippen LogP contribution in [0.3, 0.4) is 0 Å². The number of nitrogens with one attached hydrogen (secondary N) is 1. The molecule has 1 fully saturated rings. The van der Waals surface area contributed by atoms with E-state index in [2.05, 4.69) is 21.2 Å². The first-order chi connectivity index (χ1) is 13.4. The van der Waals surface area contributed by atoms with Gasteiger partial charge in [-0.05, 0) is 42.8 Å². The van der Waals surface area contributed by atoms with Gasteiger partial charge in [0.25, 0.3) is 5.91 Å². The molecular formula is C20H18BrFN2O4. The Balaban J connectivity index is 1.48. The molecule has 0 spiro atoms. The molecule has 6 nitrogen and oxygen atoms in total. The van der Waals surface area contributed by atoms with Gasteiger partial charge in [0.05, 0.1) is 0 Å². The van der Waals surface area contributed by atoms with E-state index in [-0.39, 0.29) is 24.6 Å². The minimum atomic E-state index is -0.671. The molecule has 0 aliphatic carbocycles. The number of hydrogen-bond acceptors (Lipinski definition) is 4. The summed E-state index contributed by atoms with van der Waals surface area (Å²) < 4.78 is 19.3. The average Bonchev–Trinajstić information content (AvgIpc) is 3.11. The van der Waals surface area contributed by atoms with Gasteiger partial charge in [-0.15, -0.1) is 0 Å². The minimum Gasteiger partial charge on any atom is -0.459 e. The van der Waals surface area contributed by atoms with Crippen molar-refractivity contribution < 1.29 is 23.5 Å². The van der Waals surface area contributed by atoms with Crippen molar-refractivity contribution in [3.05, 3.63) is 63.9 Å². The van der Waals surface area contributed by atoms with Gasteiger partial charge < -0.3 is 15.0 Å². The quantitative estimate of drug-likeness (QED) is 0.688. The van der Waals surface area contributed by atoms with Gasteiger partial charge >= 0.3 is 5.97 Å². The molecule has 146 valence electrons. The average molecular weight is 449 g/mol. The molecule has 3 rings (SSSR count). The number of carbonyl (C=O) groups excluding carboxylic acids is 3. The molecule has 2 aromatic rings. The van der Waals surface area contributed by atoms with Gasteiger partial charge in [0.2, 0.25) is 5.91 Å². The van der Waals surface area contributed by atoms with E-state index in [0.717, 1.165) is 12.1 Å². The topological polar surface area (TPSA) is 75.7 Å². The highest BCUT2D eigenvalue weighted by atomic mass is 79.9. The summed E-state index contributed by atoms with van der Waals surface area (Å²) in [5.41, 5.74) is 1.35. The highest BCUT2D eigenvalue weighted by molar-refractivity contribution is 9.10. The van der Waals surface area contributed by atoms with Crippen molar-refractivity contribution in [3.8, 4) is 0 Å². The fraction of sp³-hybridized carbons (Fsp3) is 0.250. The lowest BCUT2D eigenvalue weighted by Crippen LogP contribution is -2.30. The first-order valence-corrected chi connectivity index (χ1v) is 9.51. The Labute approximate surface area is 169 Å². The number of hydrogen-bond donors (Lipinski definition) is 1. The molecule has 0 aromatic heterocycles. The van der Waals surface area contributed by atoms with Gasteiger partial charge in [0.15, 0.2) is 0 Å². The molecule has 2 amide bonds. The molecule has 1 aliphatic rings. The van der Waals surface area contributed by atoms with Crippen LogP contribution >= 0.6 is 15.9 Å². The Kier molecular flexibility index (Phi) is 6.41. The number of anilines is 1. The van der Waals surface area contributed by atoms with Crippen molar-refractivity contribution >= 4 is 39.4 Å². The Hall–Kier alpha value is -2.74. The van der Waals surface area contributed by atoms with Gasteiger partial charge in [0, 0.05) is 34.3 Å². The largest absolute Gasteiger partial charge is 0.459 e. The summed E-state index contributed by atoms with van der Waals surface area (Å²) >= 11 is 3.15. The lowest BCUT2D eigenvalue weighted by molar-refractivity contribution is -0.143. The fourth-order valence-electron chi connectivity index (χ4n) is 2.82. The van der Waals surface area contributed by atoms with Crippen molar-refractivity contribution in [1.29, 1.82) is 0 Å². The minimum absolute atomic E-state index is 0.0714. The molecule has 28 heavy (non-hydrogen) atoms. The standard InChI is InChI=1S/C20H18BrFN2O4/c21-15-6-3-14(17(22)10-15)12-28-19(26)11-23-20(27)13-4-7-16(8-5-13)24-9-1-2-18(24)25/h3-8,10H,1-2,9,11-12H2,(H,23,27). The summed E-state index contributed by atoms with van der Waals surface area (Å²) in [5, 5.41) is 2.46. The van der Waals surface area contributed by atoms with E-state index in [4.69, 9.17) is 4.74 Å². The third-order valence-electron chi connectivity index (χ3n) is 4.31. The zero-order chi connectivity index (χ0) is 20.1. The number of esters is 1. The maximum absolute atomic E-state index is 13.7.